The summed E-state index contributed by atoms with van der Waals surface area (Å²) < 4.78 is 16.8. The maximum atomic E-state index is 13.3. The second-order valence-electron chi connectivity index (χ2n) is 6.26. The summed E-state index contributed by atoms with van der Waals surface area (Å²) in [6.45, 7) is 4.36. The number of benzene rings is 2. The third kappa shape index (κ3) is 2.77. The van der Waals surface area contributed by atoms with Gasteiger partial charge in [0.15, 0.2) is 0 Å². The average molecular weight is 327 g/mol. The number of nitrogens with zero attached hydrogens (tertiary/aromatic N) is 1. The second kappa shape index (κ2) is 6.07. The van der Waals surface area contributed by atoms with Crippen LogP contribution in [0.5, 0.6) is 17.2 Å². The average Bonchev–Trinajstić information content (AvgIpc) is 2.58. The molecule has 1 aliphatic heterocycles. The molecule has 0 saturated heterocycles. The minimum atomic E-state index is -0.487. The van der Waals surface area contributed by atoms with Gasteiger partial charge < -0.3 is 19.1 Å². The van der Waals surface area contributed by atoms with Crippen LogP contribution in [0.1, 0.15) is 24.2 Å². The van der Waals surface area contributed by atoms with Crippen molar-refractivity contribution in [3.8, 4) is 17.2 Å². The van der Waals surface area contributed by atoms with Crippen LogP contribution >= 0.6 is 0 Å². The monoisotopic (exact) mass is 327 g/mol. The van der Waals surface area contributed by atoms with Gasteiger partial charge in [0.25, 0.3) is 5.91 Å². The molecule has 0 radical (unpaired) electrons. The number of rotatable bonds is 3. The Kier molecular flexibility index (Phi) is 4.09. The van der Waals surface area contributed by atoms with E-state index in [0.29, 0.717) is 29.4 Å². The van der Waals surface area contributed by atoms with Gasteiger partial charge in [-0.2, -0.15) is 0 Å². The molecule has 0 aliphatic carbocycles. The van der Waals surface area contributed by atoms with Gasteiger partial charge in [0.2, 0.25) is 0 Å². The first kappa shape index (κ1) is 16.2. The highest BCUT2D eigenvalue weighted by molar-refractivity contribution is 6.10. The van der Waals surface area contributed by atoms with E-state index < -0.39 is 5.60 Å². The first-order valence-corrected chi connectivity index (χ1v) is 7.78. The molecule has 0 aromatic heterocycles. The molecule has 5 heteroatoms. The Labute approximate surface area is 141 Å². The van der Waals surface area contributed by atoms with E-state index in [9.17, 15) is 4.79 Å². The number of carbonyl (C=O) groups is 1. The van der Waals surface area contributed by atoms with Gasteiger partial charge in [0, 0.05) is 0 Å². The zero-order chi connectivity index (χ0) is 17.3. The molecule has 0 bridgehead atoms. The van der Waals surface area contributed by atoms with E-state index in [1.54, 1.807) is 37.3 Å². The Hall–Kier alpha value is -2.69. The first-order valence-electron chi connectivity index (χ1n) is 7.78. The molecule has 0 atom stereocenters. The van der Waals surface area contributed by atoms with Crippen molar-refractivity contribution >= 4 is 11.6 Å². The van der Waals surface area contributed by atoms with E-state index in [1.165, 1.54) is 0 Å². The van der Waals surface area contributed by atoms with Crippen LogP contribution in [0.3, 0.4) is 0 Å². The Morgan fingerprint density at radius 3 is 2.29 bits per heavy atom. The SMILES string of the molecule is COc1cccc(OC)c1C(=O)N1CC(C)(C)Oc2ccccc21. The van der Waals surface area contributed by atoms with Crippen LogP contribution < -0.4 is 19.1 Å². The fourth-order valence-corrected chi connectivity index (χ4v) is 2.94. The van der Waals surface area contributed by atoms with Crippen LogP contribution in [0.2, 0.25) is 0 Å². The Balaban J connectivity index is 2.11. The quantitative estimate of drug-likeness (QED) is 0.865. The summed E-state index contributed by atoms with van der Waals surface area (Å²) in [5.41, 5.74) is 0.670. The molecule has 1 amide bonds. The van der Waals surface area contributed by atoms with Gasteiger partial charge in [-0.3, -0.25) is 4.79 Å². The van der Waals surface area contributed by atoms with Crippen LogP contribution in [0.4, 0.5) is 5.69 Å². The van der Waals surface area contributed by atoms with E-state index in [0.717, 1.165) is 5.69 Å². The van der Waals surface area contributed by atoms with Crippen molar-refractivity contribution in [2.45, 2.75) is 19.4 Å². The largest absolute Gasteiger partial charge is 0.496 e. The fourth-order valence-electron chi connectivity index (χ4n) is 2.94. The lowest BCUT2D eigenvalue weighted by Crippen LogP contribution is -2.49. The molecule has 1 heterocycles. The van der Waals surface area contributed by atoms with Crippen molar-refractivity contribution < 1.29 is 19.0 Å². The van der Waals surface area contributed by atoms with E-state index in [2.05, 4.69) is 0 Å². The van der Waals surface area contributed by atoms with E-state index in [4.69, 9.17) is 14.2 Å². The molecule has 0 spiro atoms. The van der Waals surface area contributed by atoms with Gasteiger partial charge >= 0.3 is 0 Å². The molecular formula is C19H21NO4. The number of fused-ring (bicyclic) bond motifs is 1. The zero-order valence-corrected chi connectivity index (χ0v) is 14.3. The molecule has 1 aliphatic rings. The second-order valence-corrected chi connectivity index (χ2v) is 6.26. The van der Waals surface area contributed by atoms with Gasteiger partial charge in [0.05, 0.1) is 26.5 Å². The van der Waals surface area contributed by atoms with Gasteiger partial charge in [-0.05, 0) is 38.1 Å². The van der Waals surface area contributed by atoms with Crippen LogP contribution in [-0.2, 0) is 0 Å². The molecule has 5 nitrogen and oxygen atoms in total. The van der Waals surface area contributed by atoms with Crippen molar-refractivity contribution in [3.63, 3.8) is 0 Å². The molecule has 126 valence electrons. The topological polar surface area (TPSA) is 48.0 Å². The number of ether oxygens (including phenoxy) is 3. The molecule has 2 aromatic carbocycles. The van der Waals surface area contributed by atoms with Crippen LogP contribution in [0, 0.1) is 0 Å². The number of methoxy groups -OCH3 is 2. The maximum Gasteiger partial charge on any atom is 0.266 e. The normalized spacial score (nSPS) is 15.2. The first-order chi connectivity index (χ1) is 11.5. The highest BCUT2D eigenvalue weighted by atomic mass is 16.5. The predicted molar refractivity (Wildman–Crippen MR) is 92.4 cm³/mol. The van der Waals surface area contributed by atoms with Crippen molar-refractivity contribution in [2.75, 3.05) is 25.7 Å². The predicted octanol–water partition coefficient (Wildman–Crippen LogP) is 3.52. The smallest absolute Gasteiger partial charge is 0.266 e. The molecule has 24 heavy (non-hydrogen) atoms. The number of hydrogen-bond acceptors (Lipinski definition) is 4. The third-order valence-electron chi connectivity index (χ3n) is 3.97. The van der Waals surface area contributed by atoms with Gasteiger partial charge in [0.1, 0.15) is 28.4 Å². The van der Waals surface area contributed by atoms with E-state index >= 15 is 0 Å². The van der Waals surface area contributed by atoms with Crippen molar-refractivity contribution in [2.24, 2.45) is 0 Å². The number of carbonyl (C=O) groups excluding carboxylic acids is 1. The highest BCUT2D eigenvalue weighted by Crippen LogP contribution is 2.39. The van der Waals surface area contributed by atoms with Crippen LogP contribution in [-0.4, -0.2) is 32.3 Å². The number of amides is 1. The van der Waals surface area contributed by atoms with Crippen LogP contribution in [0.25, 0.3) is 0 Å². The molecule has 0 fully saturated rings. The van der Waals surface area contributed by atoms with Gasteiger partial charge in [-0.25, -0.2) is 0 Å². The number of para-hydroxylation sites is 2. The Bertz CT molecular complexity index is 747. The van der Waals surface area contributed by atoms with E-state index in [1.807, 2.05) is 38.1 Å². The standard InChI is InChI=1S/C19H21NO4/c1-19(2)12-20(13-8-5-6-9-14(13)24-19)18(21)17-15(22-3)10-7-11-16(17)23-4/h5-11H,12H2,1-4H3. The maximum absolute atomic E-state index is 13.3. The van der Waals surface area contributed by atoms with Gasteiger partial charge in [-0.1, -0.05) is 18.2 Å². The Morgan fingerprint density at radius 1 is 1.04 bits per heavy atom. The number of anilines is 1. The molecule has 3 rings (SSSR count). The lowest BCUT2D eigenvalue weighted by atomic mass is 10.0. The third-order valence-corrected chi connectivity index (χ3v) is 3.97. The van der Waals surface area contributed by atoms with E-state index in [-0.39, 0.29) is 5.91 Å². The number of hydrogen-bond donors (Lipinski definition) is 0. The van der Waals surface area contributed by atoms with Crippen LogP contribution in [0.15, 0.2) is 42.5 Å². The highest BCUT2D eigenvalue weighted by Gasteiger charge is 2.36. The van der Waals surface area contributed by atoms with Gasteiger partial charge in [-0.15, -0.1) is 0 Å². The molecular weight excluding hydrogens is 306 g/mol. The molecule has 0 saturated carbocycles. The summed E-state index contributed by atoms with van der Waals surface area (Å²) >= 11 is 0. The minimum absolute atomic E-state index is 0.173. The zero-order valence-electron chi connectivity index (χ0n) is 14.3. The summed E-state index contributed by atoms with van der Waals surface area (Å²) in [5.74, 6) is 1.49. The molecule has 0 N–H and O–H groups in total. The summed E-state index contributed by atoms with van der Waals surface area (Å²) in [6.07, 6.45) is 0. The summed E-state index contributed by atoms with van der Waals surface area (Å²) in [7, 11) is 3.09. The van der Waals surface area contributed by atoms with Crippen molar-refractivity contribution in [1.82, 2.24) is 0 Å². The summed E-state index contributed by atoms with van der Waals surface area (Å²) in [5, 5.41) is 0. The van der Waals surface area contributed by atoms with Crippen molar-refractivity contribution in [3.05, 3.63) is 48.0 Å². The summed E-state index contributed by atoms with van der Waals surface area (Å²) in [4.78, 5) is 15.0. The minimum Gasteiger partial charge on any atom is -0.496 e. The lowest BCUT2D eigenvalue weighted by Gasteiger charge is -2.39. The fraction of sp³-hybridized carbons (Fsp3) is 0.316. The lowest BCUT2D eigenvalue weighted by molar-refractivity contribution is 0.0832. The Morgan fingerprint density at radius 2 is 1.67 bits per heavy atom. The molecule has 2 aromatic rings. The molecule has 0 unspecified atom stereocenters. The summed E-state index contributed by atoms with van der Waals surface area (Å²) in [6, 6.07) is 12.8. The van der Waals surface area contributed by atoms with Crippen molar-refractivity contribution in [1.29, 1.82) is 0 Å².